The molecule has 0 aliphatic carbocycles. The molecule has 0 saturated carbocycles. The number of nitrogens with zero attached hydrogens (tertiary/aromatic N) is 2. The van der Waals surface area contributed by atoms with Gasteiger partial charge in [0.25, 0.3) is 0 Å². The third-order valence-corrected chi connectivity index (χ3v) is 4.88. The van der Waals surface area contributed by atoms with Gasteiger partial charge in [-0.05, 0) is 38.3 Å². The first kappa shape index (κ1) is 16.6. The Balaban J connectivity index is 1.63. The Bertz CT molecular complexity index is 619. The number of likely N-dealkylation sites (tertiary alicyclic amines) is 1. The summed E-state index contributed by atoms with van der Waals surface area (Å²) in [6, 6.07) is 7.51. The second-order valence-corrected chi connectivity index (χ2v) is 6.59. The number of hydrogen-bond acceptors (Lipinski definition) is 3. The fourth-order valence-electron chi connectivity index (χ4n) is 3.49. The number of amides is 3. The molecule has 24 heavy (non-hydrogen) atoms. The van der Waals surface area contributed by atoms with E-state index in [4.69, 9.17) is 4.74 Å². The minimum Gasteiger partial charge on any atom is -0.497 e. The predicted molar refractivity (Wildman–Crippen MR) is 92.3 cm³/mol. The van der Waals surface area contributed by atoms with Crippen molar-refractivity contribution >= 4 is 17.6 Å². The van der Waals surface area contributed by atoms with E-state index in [0.717, 1.165) is 30.8 Å². The molecule has 2 aliphatic rings. The van der Waals surface area contributed by atoms with E-state index in [1.807, 2.05) is 29.2 Å². The summed E-state index contributed by atoms with van der Waals surface area (Å²) < 4.78 is 5.22. The summed E-state index contributed by atoms with van der Waals surface area (Å²) in [5, 5.41) is 3.03. The highest BCUT2D eigenvalue weighted by Crippen LogP contribution is 2.25. The Morgan fingerprint density at radius 1 is 1.33 bits per heavy atom. The van der Waals surface area contributed by atoms with Crippen LogP contribution in [0.25, 0.3) is 0 Å². The van der Waals surface area contributed by atoms with E-state index in [0.29, 0.717) is 13.0 Å². The minimum atomic E-state index is -0.148. The van der Waals surface area contributed by atoms with Gasteiger partial charge in [-0.15, -0.1) is 0 Å². The van der Waals surface area contributed by atoms with Gasteiger partial charge in [0.1, 0.15) is 5.75 Å². The van der Waals surface area contributed by atoms with Crippen molar-refractivity contribution in [3.05, 3.63) is 24.3 Å². The largest absolute Gasteiger partial charge is 0.497 e. The van der Waals surface area contributed by atoms with Crippen molar-refractivity contribution in [3.63, 3.8) is 0 Å². The molecule has 1 aromatic rings. The van der Waals surface area contributed by atoms with Crippen LogP contribution in [0, 0.1) is 0 Å². The molecule has 1 N–H and O–H groups in total. The van der Waals surface area contributed by atoms with Gasteiger partial charge in [0.15, 0.2) is 0 Å². The van der Waals surface area contributed by atoms with Gasteiger partial charge in [-0.2, -0.15) is 0 Å². The molecule has 0 radical (unpaired) electrons. The number of ether oxygens (including phenoxy) is 1. The summed E-state index contributed by atoms with van der Waals surface area (Å²) in [5.74, 6) is 0.746. The average Bonchev–Trinajstić information content (AvgIpc) is 2.95. The molecule has 3 amide bonds. The molecule has 0 spiro atoms. The first-order valence-electron chi connectivity index (χ1n) is 8.60. The first-order chi connectivity index (χ1) is 11.6. The molecule has 2 fully saturated rings. The summed E-state index contributed by atoms with van der Waals surface area (Å²) in [7, 11) is 1.60. The van der Waals surface area contributed by atoms with Gasteiger partial charge in [-0.1, -0.05) is 6.07 Å². The zero-order valence-corrected chi connectivity index (χ0v) is 14.3. The number of rotatable bonds is 3. The highest BCUT2D eigenvalue weighted by Gasteiger charge is 2.33. The van der Waals surface area contributed by atoms with Gasteiger partial charge >= 0.3 is 6.03 Å². The van der Waals surface area contributed by atoms with Crippen LogP contribution in [-0.4, -0.2) is 49.1 Å². The van der Waals surface area contributed by atoms with E-state index in [2.05, 4.69) is 12.2 Å². The van der Waals surface area contributed by atoms with Crippen LogP contribution in [-0.2, 0) is 4.79 Å². The van der Waals surface area contributed by atoms with E-state index in [-0.39, 0.29) is 24.0 Å². The molecular weight excluding hydrogens is 306 g/mol. The smallest absolute Gasteiger partial charge is 0.317 e. The van der Waals surface area contributed by atoms with Crippen LogP contribution in [0.4, 0.5) is 10.5 Å². The summed E-state index contributed by atoms with van der Waals surface area (Å²) in [5.41, 5.74) is 0.808. The molecule has 0 bridgehead atoms. The number of nitrogens with one attached hydrogen (secondary N) is 1. The normalized spacial score (nSPS) is 24.2. The van der Waals surface area contributed by atoms with Crippen LogP contribution in [0.2, 0.25) is 0 Å². The van der Waals surface area contributed by atoms with Gasteiger partial charge in [0.2, 0.25) is 5.91 Å². The van der Waals surface area contributed by atoms with Crippen molar-refractivity contribution < 1.29 is 14.3 Å². The monoisotopic (exact) mass is 331 g/mol. The highest BCUT2D eigenvalue weighted by atomic mass is 16.5. The molecule has 0 aromatic heterocycles. The summed E-state index contributed by atoms with van der Waals surface area (Å²) in [6.07, 6.45) is 3.62. The van der Waals surface area contributed by atoms with Crippen LogP contribution in [0.15, 0.2) is 24.3 Å². The minimum absolute atomic E-state index is 0.0280. The van der Waals surface area contributed by atoms with Gasteiger partial charge in [-0.25, -0.2) is 4.79 Å². The molecule has 3 rings (SSSR count). The second-order valence-electron chi connectivity index (χ2n) is 6.59. The lowest BCUT2D eigenvalue weighted by atomic mass is 10.0. The van der Waals surface area contributed by atoms with Crippen LogP contribution in [0.3, 0.4) is 0 Å². The molecule has 6 heteroatoms. The maximum Gasteiger partial charge on any atom is 0.317 e. The fourth-order valence-corrected chi connectivity index (χ4v) is 3.49. The zero-order valence-electron chi connectivity index (χ0n) is 14.3. The van der Waals surface area contributed by atoms with Crippen molar-refractivity contribution in [2.45, 2.75) is 44.7 Å². The van der Waals surface area contributed by atoms with Gasteiger partial charge < -0.3 is 19.9 Å². The molecule has 2 unspecified atom stereocenters. The van der Waals surface area contributed by atoms with E-state index in [9.17, 15) is 9.59 Å². The number of piperidine rings is 1. The zero-order chi connectivity index (χ0) is 17.1. The average molecular weight is 331 g/mol. The molecular formula is C18H25N3O3. The standard InChI is InChI=1S/C18H25N3O3/c1-13-6-3-4-9-20(13)18(23)19-14-10-17(22)21(12-14)15-7-5-8-16(11-15)24-2/h5,7-8,11,13-14H,3-4,6,9-10,12H2,1-2H3,(H,19,23). The van der Waals surface area contributed by atoms with E-state index in [1.54, 1.807) is 12.0 Å². The third kappa shape index (κ3) is 3.47. The molecule has 2 atom stereocenters. The number of methoxy groups -OCH3 is 1. The SMILES string of the molecule is COc1cccc(N2CC(NC(=O)N3CCCCC3C)CC2=O)c1. The van der Waals surface area contributed by atoms with Crippen LogP contribution in [0.5, 0.6) is 5.75 Å². The molecule has 1 aromatic carbocycles. The molecule has 6 nitrogen and oxygen atoms in total. The van der Waals surface area contributed by atoms with Crippen molar-refractivity contribution in [1.29, 1.82) is 0 Å². The number of anilines is 1. The number of urea groups is 1. The summed E-state index contributed by atoms with van der Waals surface area (Å²) in [4.78, 5) is 28.4. The second kappa shape index (κ2) is 7.11. The van der Waals surface area contributed by atoms with Gasteiger partial charge in [0.05, 0.1) is 13.2 Å². The lowest BCUT2D eigenvalue weighted by Crippen LogP contribution is -2.50. The highest BCUT2D eigenvalue weighted by molar-refractivity contribution is 5.97. The topological polar surface area (TPSA) is 61.9 Å². The maximum absolute atomic E-state index is 12.5. The Hall–Kier alpha value is -2.24. The van der Waals surface area contributed by atoms with Gasteiger partial charge in [0, 0.05) is 37.3 Å². The summed E-state index contributed by atoms with van der Waals surface area (Å²) >= 11 is 0. The number of benzene rings is 1. The lowest BCUT2D eigenvalue weighted by Gasteiger charge is -2.34. The fraction of sp³-hybridized carbons (Fsp3) is 0.556. The quantitative estimate of drug-likeness (QED) is 0.925. The Morgan fingerprint density at radius 3 is 2.92 bits per heavy atom. The molecule has 2 aliphatic heterocycles. The molecule has 2 saturated heterocycles. The first-order valence-corrected chi connectivity index (χ1v) is 8.60. The van der Waals surface area contributed by atoms with Crippen LogP contribution in [0.1, 0.15) is 32.6 Å². The summed E-state index contributed by atoms with van der Waals surface area (Å²) in [6.45, 7) is 3.38. The van der Waals surface area contributed by atoms with Crippen LogP contribution < -0.4 is 15.0 Å². The number of carbonyl (C=O) groups excluding carboxylic acids is 2. The van der Waals surface area contributed by atoms with Crippen molar-refractivity contribution in [2.75, 3.05) is 25.1 Å². The van der Waals surface area contributed by atoms with Crippen molar-refractivity contribution in [1.82, 2.24) is 10.2 Å². The van der Waals surface area contributed by atoms with Gasteiger partial charge in [-0.3, -0.25) is 4.79 Å². The van der Waals surface area contributed by atoms with E-state index in [1.165, 1.54) is 6.42 Å². The van der Waals surface area contributed by atoms with E-state index < -0.39 is 0 Å². The molecule has 130 valence electrons. The third-order valence-electron chi connectivity index (χ3n) is 4.88. The maximum atomic E-state index is 12.5. The van der Waals surface area contributed by atoms with Crippen molar-refractivity contribution in [3.8, 4) is 5.75 Å². The van der Waals surface area contributed by atoms with Crippen LogP contribution >= 0.6 is 0 Å². The predicted octanol–water partition coefficient (Wildman–Crippen LogP) is 2.38. The Kier molecular flexibility index (Phi) is 4.92. The van der Waals surface area contributed by atoms with E-state index >= 15 is 0 Å². The lowest BCUT2D eigenvalue weighted by molar-refractivity contribution is -0.117. The number of hydrogen-bond donors (Lipinski definition) is 1. The Labute approximate surface area is 142 Å². The number of carbonyl (C=O) groups is 2. The molecule has 2 heterocycles. The Morgan fingerprint density at radius 2 is 2.17 bits per heavy atom. The van der Waals surface area contributed by atoms with Crippen molar-refractivity contribution in [2.24, 2.45) is 0 Å².